The van der Waals surface area contributed by atoms with Crippen molar-refractivity contribution >= 4 is 69.8 Å². The number of rotatable bonds is 9. The van der Waals surface area contributed by atoms with Crippen molar-refractivity contribution in [2.24, 2.45) is 0 Å². The number of ether oxygens (including phenoxy) is 1. The molecule has 0 aliphatic carbocycles. The molecule has 0 radical (unpaired) electrons. The molecule has 0 bridgehead atoms. The lowest BCUT2D eigenvalue weighted by atomic mass is 10.3. The van der Waals surface area contributed by atoms with Gasteiger partial charge in [-0.3, -0.25) is 4.79 Å². The van der Waals surface area contributed by atoms with Crippen LogP contribution in [0.3, 0.4) is 0 Å². The minimum Gasteiger partial charge on any atom is -0.492 e. The van der Waals surface area contributed by atoms with E-state index in [0.717, 1.165) is 11.8 Å². The maximum atomic E-state index is 12.0. The molecule has 1 N–H and O–H groups in total. The summed E-state index contributed by atoms with van der Waals surface area (Å²) in [7, 11) is 0. The predicted molar refractivity (Wildman–Crippen MR) is 120 cm³/mol. The first kappa shape index (κ1) is 23.0. The van der Waals surface area contributed by atoms with Crippen LogP contribution in [0.25, 0.3) is 0 Å². The van der Waals surface area contributed by atoms with Gasteiger partial charge in [0.05, 0.1) is 27.4 Å². The van der Waals surface area contributed by atoms with Crippen molar-refractivity contribution in [1.82, 2.24) is 10.2 Å². The molecule has 0 saturated heterocycles. The number of carbonyl (C=O) groups excluding carboxylic acids is 1. The number of hydrogen-bond donors (Lipinski definition) is 1. The zero-order chi connectivity index (χ0) is 21.5. The Morgan fingerprint density at radius 3 is 2.63 bits per heavy atom. The highest BCUT2D eigenvalue weighted by molar-refractivity contribution is 7.99. The van der Waals surface area contributed by atoms with Gasteiger partial charge in [-0.25, -0.2) is 0 Å². The van der Waals surface area contributed by atoms with Crippen LogP contribution in [0.1, 0.15) is 12.3 Å². The summed E-state index contributed by atoms with van der Waals surface area (Å²) in [5.41, 5.74) is 0.557. The Labute approximate surface area is 197 Å². The molecular weight excluding hydrogens is 492 g/mol. The van der Waals surface area contributed by atoms with Crippen molar-refractivity contribution < 1.29 is 13.9 Å². The Kier molecular flexibility index (Phi) is 8.53. The van der Waals surface area contributed by atoms with Crippen LogP contribution in [0, 0.1) is 0 Å². The topological polar surface area (TPSA) is 77.2 Å². The molecule has 0 fully saturated rings. The van der Waals surface area contributed by atoms with Crippen molar-refractivity contribution in [2.75, 3.05) is 17.7 Å². The number of benzene rings is 2. The fourth-order valence-electron chi connectivity index (χ4n) is 2.29. The average molecular weight is 507 g/mol. The number of hydrogen-bond acceptors (Lipinski definition) is 6. The highest BCUT2D eigenvalue weighted by Crippen LogP contribution is 2.28. The molecule has 3 aromatic rings. The van der Waals surface area contributed by atoms with E-state index in [2.05, 4.69) is 15.5 Å². The van der Waals surface area contributed by atoms with Crippen molar-refractivity contribution in [3.05, 3.63) is 62.4 Å². The summed E-state index contributed by atoms with van der Waals surface area (Å²) >= 11 is 24.8. The summed E-state index contributed by atoms with van der Waals surface area (Å²) in [4.78, 5) is 12.0. The molecule has 0 spiro atoms. The fraction of sp³-hybridized carbons (Fsp3) is 0.211. The first-order valence-corrected chi connectivity index (χ1v) is 11.2. The number of anilines is 1. The number of aromatic nitrogens is 2. The van der Waals surface area contributed by atoms with Crippen molar-refractivity contribution in [3.8, 4) is 5.75 Å². The summed E-state index contributed by atoms with van der Waals surface area (Å²) in [5.74, 6) is 0.912. The highest BCUT2D eigenvalue weighted by atomic mass is 35.5. The van der Waals surface area contributed by atoms with Crippen LogP contribution < -0.4 is 10.1 Å². The maximum absolute atomic E-state index is 12.0. The Bertz CT molecular complexity index is 1030. The van der Waals surface area contributed by atoms with E-state index in [1.165, 1.54) is 0 Å². The second-order valence-corrected chi connectivity index (χ2v) is 8.54. The van der Waals surface area contributed by atoms with Gasteiger partial charge >= 0.3 is 0 Å². The number of carbonyl (C=O) groups is 1. The number of amides is 1. The maximum Gasteiger partial charge on any atom is 0.277 e. The molecule has 11 heteroatoms. The molecule has 0 aliphatic rings. The molecular formula is C19H15Cl4N3O3S. The predicted octanol–water partition coefficient (Wildman–Crippen LogP) is 6.43. The van der Waals surface area contributed by atoms with E-state index in [9.17, 15) is 4.79 Å². The van der Waals surface area contributed by atoms with Crippen LogP contribution >= 0.6 is 58.2 Å². The van der Waals surface area contributed by atoms with Crippen molar-refractivity contribution in [1.29, 1.82) is 0 Å². The number of thioether (sulfide) groups is 1. The smallest absolute Gasteiger partial charge is 0.277 e. The zero-order valence-corrected chi connectivity index (χ0v) is 19.2. The average Bonchev–Trinajstić information content (AvgIpc) is 3.16. The van der Waals surface area contributed by atoms with E-state index in [-0.39, 0.29) is 11.7 Å². The summed E-state index contributed by atoms with van der Waals surface area (Å²) in [5, 5.41) is 12.7. The SMILES string of the molecule is O=C(CSc1nnc(CCCOc2ccc(Cl)cc2Cl)o1)Nc1ccc(Cl)c(Cl)c1. The van der Waals surface area contributed by atoms with E-state index >= 15 is 0 Å². The molecule has 2 aromatic carbocycles. The Hall–Kier alpha value is -1.64. The van der Waals surface area contributed by atoms with Gasteiger partial charge in [0.1, 0.15) is 5.75 Å². The summed E-state index contributed by atoms with van der Waals surface area (Å²) in [6.07, 6.45) is 1.19. The zero-order valence-electron chi connectivity index (χ0n) is 15.3. The lowest BCUT2D eigenvalue weighted by molar-refractivity contribution is -0.113. The monoisotopic (exact) mass is 505 g/mol. The Morgan fingerprint density at radius 2 is 1.87 bits per heavy atom. The number of aryl methyl sites for hydroxylation is 1. The van der Waals surface area contributed by atoms with Gasteiger partial charge in [-0.1, -0.05) is 58.2 Å². The van der Waals surface area contributed by atoms with Gasteiger partial charge in [-0.2, -0.15) is 0 Å². The standard InChI is InChI=1S/C19H15Cl4N3O3S/c20-11-3-6-16(15(23)8-11)28-7-1-2-18-25-26-19(29-18)30-10-17(27)24-12-4-5-13(21)14(22)9-12/h3-6,8-9H,1-2,7,10H2,(H,24,27). The lowest BCUT2D eigenvalue weighted by Crippen LogP contribution is -2.13. The normalized spacial score (nSPS) is 10.8. The molecule has 6 nitrogen and oxygen atoms in total. The van der Waals surface area contributed by atoms with E-state index in [0.29, 0.717) is 62.1 Å². The molecule has 0 saturated carbocycles. The third-order valence-electron chi connectivity index (χ3n) is 3.66. The largest absolute Gasteiger partial charge is 0.492 e. The Balaban J connectivity index is 1.39. The molecule has 0 atom stereocenters. The minimum atomic E-state index is -0.230. The van der Waals surface area contributed by atoms with Gasteiger partial charge in [0.15, 0.2) is 0 Å². The van der Waals surface area contributed by atoms with E-state index in [4.69, 9.17) is 55.6 Å². The van der Waals surface area contributed by atoms with Crippen LogP contribution in [0.2, 0.25) is 20.1 Å². The summed E-state index contributed by atoms with van der Waals surface area (Å²) in [6.45, 7) is 0.429. The molecule has 0 unspecified atom stereocenters. The summed E-state index contributed by atoms with van der Waals surface area (Å²) in [6, 6.07) is 9.91. The highest BCUT2D eigenvalue weighted by Gasteiger charge is 2.11. The van der Waals surface area contributed by atoms with Crippen LogP contribution in [0.4, 0.5) is 5.69 Å². The minimum absolute atomic E-state index is 0.111. The van der Waals surface area contributed by atoms with Crippen LogP contribution in [-0.2, 0) is 11.2 Å². The van der Waals surface area contributed by atoms with Gasteiger partial charge in [0.25, 0.3) is 5.22 Å². The quantitative estimate of drug-likeness (QED) is 0.266. The van der Waals surface area contributed by atoms with Crippen molar-refractivity contribution in [3.63, 3.8) is 0 Å². The van der Waals surface area contributed by atoms with E-state index < -0.39 is 0 Å². The van der Waals surface area contributed by atoms with Gasteiger partial charge in [0.2, 0.25) is 11.8 Å². The van der Waals surface area contributed by atoms with Crippen molar-refractivity contribution in [2.45, 2.75) is 18.1 Å². The van der Waals surface area contributed by atoms with E-state index in [1.54, 1.807) is 36.4 Å². The van der Waals surface area contributed by atoms with Gasteiger partial charge in [-0.15, -0.1) is 10.2 Å². The molecule has 3 rings (SSSR count). The molecule has 158 valence electrons. The summed E-state index contributed by atoms with van der Waals surface area (Å²) < 4.78 is 11.1. The Morgan fingerprint density at radius 1 is 1.03 bits per heavy atom. The lowest BCUT2D eigenvalue weighted by Gasteiger charge is -2.07. The molecule has 1 heterocycles. The third kappa shape index (κ3) is 6.96. The molecule has 0 aliphatic heterocycles. The van der Waals surface area contributed by atoms with Crippen LogP contribution in [0.5, 0.6) is 5.75 Å². The van der Waals surface area contributed by atoms with Crippen LogP contribution in [0.15, 0.2) is 46.0 Å². The van der Waals surface area contributed by atoms with Gasteiger partial charge in [0, 0.05) is 17.1 Å². The van der Waals surface area contributed by atoms with Gasteiger partial charge < -0.3 is 14.5 Å². The number of halogens is 4. The first-order valence-electron chi connectivity index (χ1n) is 8.68. The molecule has 30 heavy (non-hydrogen) atoms. The third-order valence-corrected chi connectivity index (χ3v) is 5.75. The molecule has 1 aromatic heterocycles. The second-order valence-electron chi connectivity index (χ2n) is 5.95. The van der Waals surface area contributed by atoms with Crippen LogP contribution in [-0.4, -0.2) is 28.5 Å². The first-order chi connectivity index (χ1) is 14.4. The fourth-order valence-corrected chi connectivity index (χ4v) is 3.64. The van der Waals surface area contributed by atoms with Gasteiger partial charge in [-0.05, 0) is 42.8 Å². The molecule has 1 amide bonds. The second kappa shape index (κ2) is 11.1. The number of nitrogens with zero attached hydrogens (tertiary/aromatic N) is 2. The van der Waals surface area contributed by atoms with E-state index in [1.807, 2.05) is 0 Å². The number of nitrogens with one attached hydrogen (secondary N) is 1.